The van der Waals surface area contributed by atoms with E-state index in [-0.39, 0.29) is 5.41 Å². The second-order valence-electron chi connectivity index (χ2n) is 6.05. The van der Waals surface area contributed by atoms with Crippen molar-refractivity contribution < 1.29 is 14.5 Å². The van der Waals surface area contributed by atoms with E-state index in [9.17, 15) is 0 Å². The molecule has 3 rings (SSSR count). The van der Waals surface area contributed by atoms with Crippen molar-refractivity contribution in [3.8, 4) is 5.75 Å². The molecular formula is C20H21BrO3. The Balaban J connectivity index is 1.86. The minimum atomic E-state index is -0.0548. The molecule has 126 valence electrons. The van der Waals surface area contributed by atoms with E-state index in [0.29, 0.717) is 12.5 Å². The first-order chi connectivity index (χ1) is 11.7. The molecule has 0 saturated heterocycles. The summed E-state index contributed by atoms with van der Waals surface area (Å²) in [6, 6.07) is 16.4. The maximum absolute atomic E-state index is 5.37. The Labute approximate surface area is 151 Å². The molecule has 1 aliphatic rings. The molecule has 0 unspecified atom stereocenters. The van der Waals surface area contributed by atoms with Crippen molar-refractivity contribution in [3.05, 3.63) is 70.2 Å². The molecule has 2 aromatic rings. The van der Waals surface area contributed by atoms with Gasteiger partial charge in [-0.25, -0.2) is 9.78 Å². The molecule has 0 heterocycles. The Morgan fingerprint density at radius 1 is 1.17 bits per heavy atom. The summed E-state index contributed by atoms with van der Waals surface area (Å²) in [6.07, 6.45) is 5.43. The van der Waals surface area contributed by atoms with E-state index in [1.165, 1.54) is 11.1 Å². The zero-order valence-electron chi connectivity index (χ0n) is 13.9. The minimum absolute atomic E-state index is 0.0548. The highest BCUT2D eigenvalue weighted by Crippen LogP contribution is 2.62. The topological polar surface area (TPSA) is 27.7 Å². The summed E-state index contributed by atoms with van der Waals surface area (Å²) < 4.78 is 6.47. The lowest BCUT2D eigenvalue weighted by molar-refractivity contribution is -0.279. The predicted molar refractivity (Wildman–Crippen MR) is 98.9 cm³/mol. The van der Waals surface area contributed by atoms with Gasteiger partial charge in [-0.1, -0.05) is 58.4 Å². The Morgan fingerprint density at radius 2 is 1.96 bits per heavy atom. The van der Waals surface area contributed by atoms with Crippen molar-refractivity contribution in [3.63, 3.8) is 0 Å². The van der Waals surface area contributed by atoms with Crippen LogP contribution in [0.25, 0.3) is 6.08 Å². The number of halogens is 1. The van der Waals surface area contributed by atoms with Crippen LogP contribution < -0.4 is 4.74 Å². The first-order valence-electron chi connectivity index (χ1n) is 7.92. The van der Waals surface area contributed by atoms with Crippen LogP contribution in [0.2, 0.25) is 0 Å². The third kappa shape index (κ3) is 3.72. The monoisotopic (exact) mass is 388 g/mol. The normalized spacial score (nSPS) is 22.7. The second kappa shape index (κ2) is 7.51. The molecule has 0 amide bonds. The van der Waals surface area contributed by atoms with E-state index < -0.39 is 0 Å². The van der Waals surface area contributed by atoms with Crippen molar-refractivity contribution in [2.75, 3.05) is 20.8 Å². The van der Waals surface area contributed by atoms with Gasteiger partial charge in [0.1, 0.15) is 5.75 Å². The third-order valence-corrected chi connectivity index (χ3v) is 5.27. The van der Waals surface area contributed by atoms with Crippen LogP contribution in [0.3, 0.4) is 0 Å². The summed E-state index contributed by atoms with van der Waals surface area (Å²) in [5.74, 6) is 1.24. The van der Waals surface area contributed by atoms with Gasteiger partial charge in [0.25, 0.3) is 0 Å². The van der Waals surface area contributed by atoms with Crippen LogP contribution in [0.15, 0.2) is 59.1 Å². The summed E-state index contributed by atoms with van der Waals surface area (Å²) in [7, 11) is 3.24. The zero-order valence-corrected chi connectivity index (χ0v) is 15.5. The Bertz CT molecular complexity index is 714. The van der Waals surface area contributed by atoms with Crippen LogP contribution in [0, 0.1) is 5.41 Å². The first-order valence-corrected chi connectivity index (χ1v) is 8.71. The summed E-state index contributed by atoms with van der Waals surface area (Å²) in [4.78, 5) is 10.2. The number of benzene rings is 2. The van der Waals surface area contributed by atoms with Gasteiger partial charge in [0, 0.05) is 9.89 Å². The average Bonchev–Trinajstić information content (AvgIpc) is 3.34. The molecule has 4 heteroatoms. The molecule has 2 aromatic carbocycles. The standard InChI is InChI=1S/C20H21BrO3/c1-22-16-8-9-19(21)17(12-16)18-13-20(18,14-24-23-2)11-10-15-6-4-3-5-7-15/h3-12,18H,13-14H2,1-2H3/b11-10+/t18-,20-/m0/s1. The molecule has 0 bridgehead atoms. The number of methoxy groups -OCH3 is 1. The molecule has 0 aliphatic heterocycles. The fourth-order valence-corrected chi connectivity index (χ4v) is 3.57. The fourth-order valence-electron chi connectivity index (χ4n) is 3.04. The maximum Gasteiger partial charge on any atom is 0.119 e. The Kier molecular flexibility index (Phi) is 5.39. The average molecular weight is 389 g/mol. The van der Waals surface area contributed by atoms with Crippen LogP contribution in [-0.2, 0) is 9.78 Å². The first kappa shape index (κ1) is 17.2. The highest BCUT2D eigenvalue weighted by atomic mass is 79.9. The molecule has 2 atom stereocenters. The minimum Gasteiger partial charge on any atom is -0.497 e. The van der Waals surface area contributed by atoms with Gasteiger partial charge in [-0.15, -0.1) is 0 Å². The Morgan fingerprint density at radius 3 is 2.67 bits per heavy atom. The maximum atomic E-state index is 5.37. The highest BCUT2D eigenvalue weighted by Gasteiger charge is 2.54. The van der Waals surface area contributed by atoms with Crippen LogP contribution in [-0.4, -0.2) is 20.8 Å². The molecule has 0 spiro atoms. The molecule has 1 fully saturated rings. The summed E-state index contributed by atoms with van der Waals surface area (Å²) >= 11 is 3.66. The van der Waals surface area contributed by atoms with Crippen molar-refractivity contribution in [2.24, 2.45) is 5.41 Å². The predicted octanol–water partition coefficient (Wildman–Crippen LogP) is 5.22. The molecule has 0 N–H and O–H groups in total. The number of hydrogen-bond acceptors (Lipinski definition) is 3. The smallest absolute Gasteiger partial charge is 0.119 e. The lowest BCUT2D eigenvalue weighted by atomic mass is 9.98. The van der Waals surface area contributed by atoms with Crippen LogP contribution in [0.4, 0.5) is 0 Å². The zero-order chi connectivity index (χ0) is 17.0. The number of ether oxygens (including phenoxy) is 1. The van der Waals surface area contributed by atoms with E-state index in [0.717, 1.165) is 16.6 Å². The van der Waals surface area contributed by atoms with Gasteiger partial charge < -0.3 is 4.74 Å². The van der Waals surface area contributed by atoms with E-state index in [1.54, 1.807) is 14.2 Å². The van der Waals surface area contributed by atoms with Gasteiger partial charge >= 0.3 is 0 Å². The molecule has 3 nitrogen and oxygen atoms in total. The quantitative estimate of drug-likeness (QED) is 0.480. The van der Waals surface area contributed by atoms with Gasteiger partial charge in [-0.3, -0.25) is 0 Å². The van der Waals surface area contributed by atoms with E-state index in [1.807, 2.05) is 30.3 Å². The second-order valence-corrected chi connectivity index (χ2v) is 6.90. The molecule has 0 aromatic heterocycles. The Hall–Kier alpha value is -1.62. The van der Waals surface area contributed by atoms with Crippen molar-refractivity contribution in [1.29, 1.82) is 0 Å². The lowest BCUT2D eigenvalue weighted by Crippen LogP contribution is -2.10. The van der Waals surface area contributed by atoms with Gasteiger partial charge in [-0.05, 0) is 41.7 Å². The highest BCUT2D eigenvalue weighted by molar-refractivity contribution is 9.10. The largest absolute Gasteiger partial charge is 0.497 e. The van der Waals surface area contributed by atoms with Crippen molar-refractivity contribution in [1.82, 2.24) is 0 Å². The van der Waals surface area contributed by atoms with Gasteiger partial charge in [0.05, 0.1) is 20.8 Å². The number of rotatable bonds is 7. The molecule has 1 saturated carbocycles. The van der Waals surface area contributed by atoms with Crippen molar-refractivity contribution >= 4 is 22.0 Å². The molecule has 24 heavy (non-hydrogen) atoms. The van der Waals surface area contributed by atoms with Crippen LogP contribution >= 0.6 is 15.9 Å². The fraction of sp³-hybridized carbons (Fsp3) is 0.300. The van der Waals surface area contributed by atoms with Gasteiger partial charge in [-0.2, -0.15) is 0 Å². The summed E-state index contributed by atoms with van der Waals surface area (Å²) in [5, 5.41) is 0. The molecule has 1 aliphatic carbocycles. The van der Waals surface area contributed by atoms with Crippen molar-refractivity contribution in [2.45, 2.75) is 12.3 Å². The van der Waals surface area contributed by atoms with Gasteiger partial charge in [0.2, 0.25) is 0 Å². The lowest BCUT2D eigenvalue weighted by Gasteiger charge is -2.14. The molecular weight excluding hydrogens is 368 g/mol. The van der Waals surface area contributed by atoms with E-state index in [2.05, 4.69) is 46.3 Å². The van der Waals surface area contributed by atoms with E-state index >= 15 is 0 Å². The third-order valence-electron chi connectivity index (χ3n) is 4.55. The van der Waals surface area contributed by atoms with Gasteiger partial charge in [0.15, 0.2) is 0 Å². The van der Waals surface area contributed by atoms with Crippen LogP contribution in [0.1, 0.15) is 23.5 Å². The van der Waals surface area contributed by atoms with E-state index in [4.69, 9.17) is 14.5 Å². The number of hydrogen-bond donors (Lipinski definition) is 0. The summed E-state index contributed by atoms with van der Waals surface area (Å²) in [6.45, 7) is 0.529. The molecule has 0 radical (unpaired) electrons. The SMILES string of the molecule is COOC[C@]1(/C=C/c2ccccc2)C[C@H]1c1cc(OC)ccc1Br. The summed E-state index contributed by atoms with van der Waals surface area (Å²) in [5.41, 5.74) is 2.37. The van der Waals surface area contributed by atoms with Crippen LogP contribution in [0.5, 0.6) is 5.75 Å².